The van der Waals surface area contributed by atoms with E-state index >= 15 is 0 Å². The van der Waals surface area contributed by atoms with E-state index in [-0.39, 0.29) is 5.91 Å². The lowest BCUT2D eigenvalue weighted by molar-refractivity contribution is 0.0773. The predicted octanol–water partition coefficient (Wildman–Crippen LogP) is 2.65. The Labute approximate surface area is 163 Å². The Balaban J connectivity index is 1.68. The van der Waals surface area contributed by atoms with Crippen LogP contribution in [-0.4, -0.2) is 56.7 Å². The van der Waals surface area contributed by atoms with E-state index in [1.54, 1.807) is 7.05 Å². The van der Waals surface area contributed by atoms with E-state index in [0.717, 1.165) is 62.3 Å². The number of nitrogens with one attached hydrogen (secondary N) is 2. The fourth-order valence-electron chi connectivity index (χ4n) is 2.78. The zero-order valence-electron chi connectivity index (χ0n) is 17.0. The van der Waals surface area contributed by atoms with Gasteiger partial charge in [-0.3, -0.25) is 9.79 Å². The summed E-state index contributed by atoms with van der Waals surface area (Å²) in [6, 6.07) is 7.77. The van der Waals surface area contributed by atoms with Crippen LogP contribution < -0.4 is 10.6 Å². The minimum Gasteiger partial charge on any atom is -0.381 e. The molecule has 1 amide bonds. The lowest BCUT2D eigenvalue weighted by Crippen LogP contribution is -2.37. The van der Waals surface area contributed by atoms with Crippen molar-refractivity contribution in [2.45, 2.75) is 39.7 Å². The van der Waals surface area contributed by atoms with Crippen LogP contribution >= 0.6 is 0 Å². The fourth-order valence-corrected chi connectivity index (χ4v) is 2.78. The monoisotopic (exact) mass is 374 g/mol. The average molecular weight is 375 g/mol. The van der Waals surface area contributed by atoms with Crippen molar-refractivity contribution < 1.29 is 9.53 Å². The number of aliphatic imine (C=N–C) groups is 1. The zero-order chi connectivity index (χ0) is 19.5. The maximum Gasteiger partial charge on any atom is 0.253 e. The van der Waals surface area contributed by atoms with Gasteiger partial charge in [-0.15, -0.1) is 0 Å². The van der Waals surface area contributed by atoms with Crippen LogP contribution in [0.5, 0.6) is 0 Å². The smallest absolute Gasteiger partial charge is 0.253 e. The molecule has 6 heteroatoms. The highest BCUT2D eigenvalue weighted by molar-refractivity contribution is 5.94. The molecule has 1 aromatic rings. The molecule has 0 spiro atoms. The molecule has 0 aliphatic heterocycles. The third-order valence-electron chi connectivity index (χ3n) is 4.74. The van der Waals surface area contributed by atoms with Crippen LogP contribution in [0.25, 0.3) is 0 Å². The van der Waals surface area contributed by atoms with E-state index in [2.05, 4.69) is 15.6 Å². The zero-order valence-corrected chi connectivity index (χ0v) is 17.0. The van der Waals surface area contributed by atoms with Crippen LogP contribution in [0.1, 0.15) is 49.0 Å². The van der Waals surface area contributed by atoms with Crippen LogP contribution in [0.15, 0.2) is 29.3 Å². The summed E-state index contributed by atoms with van der Waals surface area (Å²) < 4.78 is 5.63. The van der Waals surface area contributed by atoms with Crippen LogP contribution in [-0.2, 0) is 11.3 Å². The molecule has 0 radical (unpaired) electrons. The third-order valence-corrected chi connectivity index (χ3v) is 4.74. The van der Waals surface area contributed by atoms with E-state index in [9.17, 15) is 4.79 Å². The second-order valence-corrected chi connectivity index (χ2v) is 6.90. The minimum atomic E-state index is 0.0842. The predicted molar refractivity (Wildman–Crippen MR) is 110 cm³/mol. The van der Waals surface area contributed by atoms with Crippen LogP contribution in [0, 0.1) is 5.92 Å². The molecular formula is C21H34N4O2. The number of amides is 1. The maximum absolute atomic E-state index is 12.3. The van der Waals surface area contributed by atoms with E-state index in [4.69, 9.17) is 4.74 Å². The summed E-state index contributed by atoms with van der Waals surface area (Å²) in [6.07, 6.45) is 3.63. The molecule has 2 rings (SSSR count). The van der Waals surface area contributed by atoms with Gasteiger partial charge in [0.15, 0.2) is 5.96 Å². The summed E-state index contributed by atoms with van der Waals surface area (Å²) in [4.78, 5) is 18.4. The van der Waals surface area contributed by atoms with Gasteiger partial charge in [-0.05, 0) is 56.7 Å². The molecule has 0 heterocycles. The summed E-state index contributed by atoms with van der Waals surface area (Å²) >= 11 is 0. The first kappa shape index (κ1) is 21.2. The number of rotatable bonds is 11. The normalized spacial score (nSPS) is 14.1. The van der Waals surface area contributed by atoms with Crippen molar-refractivity contribution in [3.63, 3.8) is 0 Å². The van der Waals surface area contributed by atoms with Crippen molar-refractivity contribution in [1.82, 2.24) is 15.5 Å². The fraction of sp³-hybridized carbons (Fsp3) is 0.619. The summed E-state index contributed by atoms with van der Waals surface area (Å²) in [7, 11) is 1.77. The number of ether oxygens (including phenoxy) is 1. The summed E-state index contributed by atoms with van der Waals surface area (Å²) in [5.41, 5.74) is 1.85. The van der Waals surface area contributed by atoms with Crippen LogP contribution in [0.2, 0.25) is 0 Å². The molecule has 2 N–H and O–H groups in total. The molecule has 0 aromatic heterocycles. The van der Waals surface area contributed by atoms with E-state index in [1.165, 1.54) is 12.8 Å². The molecule has 0 bridgehead atoms. The van der Waals surface area contributed by atoms with E-state index in [1.807, 2.05) is 43.0 Å². The standard InChI is InChI=1S/C21H34N4O2/c1-4-25(5-2)20(26)19-11-9-17(10-12-19)15-24-21(22-3)23-13-6-14-27-16-18-7-8-18/h9-12,18H,4-8,13-16H2,1-3H3,(H2,22,23,24). The van der Waals surface area contributed by atoms with Gasteiger partial charge in [0.2, 0.25) is 0 Å². The van der Waals surface area contributed by atoms with Gasteiger partial charge in [-0.1, -0.05) is 12.1 Å². The van der Waals surface area contributed by atoms with Crippen molar-refractivity contribution in [2.75, 3.05) is 39.9 Å². The Kier molecular flexibility index (Phi) is 9.11. The number of carbonyl (C=O) groups is 1. The van der Waals surface area contributed by atoms with Gasteiger partial charge < -0.3 is 20.3 Å². The topological polar surface area (TPSA) is 66.0 Å². The summed E-state index contributed by atoms with van der Waals surface area (Å²) in [6.45, 7) is 8.66. The lowest BCUT2D eigenvalue weighted by Gasteiger charge is -2.18. The molecule has 1 aliphatic carbocycles. The molecule has 6 nitrogen and oxygen atoms in total. The first-order valence-electron chi connectivity index (χ1n) is 10.1. The van der Waals surface area contributed by atoms with Crippen LogP contribution in [0.3, 0.4) is 0 Å². The van der Waals surface area contributed by atoms with Crippen molar-refractivity contribution in [3.8, 4) is 0 Å². The third kappa shape index (κ3) is 7.59. The van der Waals surface area contributed by atoms with Crippen molar-refractivity contribution in [2.24, 2.45) is 10.9 Å². The Morgan fingerprint density at radius 3 is 2.48 bits per heavy atom. The van der Waals surface area contributed by atoms with Crippen LogP contribution in [0.4, 0.5) is 0 Å². The Morgan fingerprint density at radius 1 is 1.19 bits per heavy atom. The Bertz CT molecular complexity index is 593. The van der Waals surface area contributed by atoms with Gasteiger partial charge in [0, 0.05) is 52.0 Å². The maximum atomic E-state index is 12.3. The molecule has 1 aliphatic rings. The second kappa shape index (κ2) is 11.6. The first-order valence-corrected chi connectivity index (χ1v) is 10.1. The summed E-state index contributed by atoms with van der Waals surface area (Å²) in [5, 5.41) is 6.60. The average Bonchev–Trinajstić information content (AvgIpc) is 3.52. The number of guanidine groups is 1. The number of carbonyl (C=O) groups excluding carboxylic acids is 1. The van der Waals surface area contributed by atoms with Crippen molar-refractivity contribution >= 4 is 11.9 Å². The Morgan fingerprint density at radius 2 is 1.89 bits per heavy atom. The van der Waals surface area contributed by atoms with E-state index < -0.39 is 0 Å². The molecule has 0 unspecified atom stereocenters. The Hall–Kier alpha value is -2.08. The highest BCUT2D eigenvalue weighted by Gasteiger charge is 2.20. The number of hydrogen-bond acceptors (Lipinski definition) is 3. The number of nitrogens with zero attached hydrogens (tertiary/aromatic N) is 2. The number of benzene rings is 1. The molecule has 1 aromatic carbocycles. The molecule has 27 heavy (non-hydrogen) atoms. The SMILES string of the molecule is CCN(CC)C(=O)c1ccc(CNC(=NC)NCCCOCC2CC2)cc1. The van der Waals surface area contributed by atoms with E-state index in [0.29, 0.717) is 6.54 Å². The van der Waals surface area contributed by atoms with Gasteiger partial charge in [-0.25, -0.2) is 0 Å². The van der Waals surface area contributed by atoms with Crippen molar-refractivity contribution in [1.29, 1.82) is 0 Å². The van der Waals surface area contributed by atoms with Gasteiger partial charge in [0.25, 0.3) is 5.91 Å². The molecule has 150 valence electrons. The first-order chi connectivity index (χ1) is 13.2. The minimum absolute atomic E-state index is 0.0842. The van der Waals surface area contributed by atoms with Gasteiger partial charge >= 0.3 is 0 Å². The molecular weight excluding hydrogens is 340 g/mol. The highest BCUT2D eigenvalue weighted by atomic mass is 16.5. The number of hydrogen-bond donors (Lipinski definition) is 2. The van der Waals surface area contributed by atoms with Gasteiger partial charge in [-0.2, -0.15) is 0 Å². The lowest BCUT2D eigenvalue weighted by atomic mass is 10.1. The van der Waals surface area contributed by atoms with Gasteiger partial charge in [0.05, 0.1) is 0 Å². The molecule has 1 saturated carbocycles. The molecule has 0 saturated heterocycles. The highest BCUT2D eigenvalue weighted by Crippen LogP contribution is 2.28. The van der Waals surface area contributed by atoms with Crippen molar-refractivity contribution in [3.05, 3.63) is 35.4 Å². The second-order valence-electron chi connectivity index (χ2n) is 6.90. The quantitative estimate of drug-likeness (QED) is 0.355. The summed E-state index contributed by atoms with van der Waals surface area (Å²) in [5.74, 6) is 1.68. The largest absolute Gasteiger partial charge is 0.381 e. The molecule has 0 atom stereocenters. The van der Waals surface area contributed by atoms with Gasteiger partial charge in [0.1, 0.15) is 0 Å². The molecule has 1 fully saturated rings.